The molecule has 17 heavy (non-hydrogen) atoms. The van der Waals surface area contributed by atoms with Crippen LogP contribution >= 0.6 is 11.6 Å². The van der Waals surface area contributed by atoms with Gasteiger partial charge in [0.2, 0.25) is 0 Å². The van der Waals surface area contributed by atoms with Crippen LogP contribution in [0.3, 0.4) is 0 Å². The van der Waals surface area contributed by atoms with Gasteiger partial charge in [0, 0.05) is 23.0 Å². The maximum Gasteiger partial charge on any atom is 0.129 e. The molecule has 0 aliphatic rings. The number of hydrogen-bond acceptors (Lipinski definition) is 4. The van der Waals surface area contributed by atoms with Crippen molar-refractivity contribution in [1.29, 1.82) is 0 Å². The van der Waals surface area contributed by atoms with Crippen molar-refractivity contribution in [3.05, 3.63) is 58.9 Å². The Bertz CT molecular complexity index is 486. The average molecular weight is 253 g/mol. The lowest BCUT2D eigenvalue weighted by atomic mass is 10.0. The van der Waals surface area contributed by atoms with Crippen molar-refractivity contribution in [2.45, 2.75) is 6.04 Å². The number of benzene rings is 1. The Balaban J connectivity index is 2.50. The van der Waals surface area contributed by atoms with Gasteiger partial charge in [-0.2, -0.15) is 0 Å². The summed E-state index contributed by atoms with van der Waals surface area (Å²) in [5.41, 5.74) is 3.25. The van der Waals surface area contributed by atoms with Crippen LogP contribution in [-0.2, 0) is 0 Å². The quantitative estimate of drug-likeness (QED) is 0.646. The lowest BCUT2D eigenvalue weighted by Gasteiger charge is -2.17. The van der Waals surface area contributed by atoms with Crippen molar-refractivity contribution in [3.63, 3.8) is 0 Å². The smallest absolute Gasteiger partial charge is 0.129 e. The third-order valence-electron chi connectivity index (χ3n) is 2.33. The molecule has 0 aliphatic heterocycles. The first-order chi connectivity index (χ1) is 8.24. The van der Waals surface area contributed by atoms with Crippen molar-refractivity contribution < 1.29 is 4.39 Å². The van der Waals surface area contributed by atoms with Crippen LogP contribution in [0, 0.1) is 5.82 Å². The predicted molar refractivity (Wildman–Crippen MR) is 62.6 cm³/mol. The second-order valence-corrected chi connectivity index (χ2v) is 3.77. The molecule has 3 N–H and O–H groups in total. The summed E-state index contributed by atoms with van der Waals surface area (Å²) in [6, 6.07) is 3.82. The molecule has 1 unspecified atom stereocenters. The van der Waals surface area contributed by atoms with Crippen LogP contribution in [-0.4, -0.2) is 9.97 Å². The Hall–Kier alpha value is -1.56. The number of rotatable bonds is 3. The van der Waals surface area contributed by atoms with E-state index in [0.29, 0.717) is 10.7 Å². The van der Waals surface area contributed by atoms with Crippen molar-refractivity contribution in [3.8, 4) is 0 Å². The summed E-state index contributed by atoms with van der Waals surface area (Å²) < 4.78 is 13.7. The van der Waals surface area contributed by atoms with Crippen molar-refractivity contribution in [2.24, 2.45) is 5.84 Å². The summed E-state index contributed by atoms with van der Waals surface area (Å²) in [5, 5.41) is 0.290. The van der Waals surface area contributed by atoms with Gasteiger partial charge in [-0.15, -0.1) is 0 Å². The van der Waals surface area contributed by atoms with E-state index in [0.717, 1.165) is 0 Å². The van der Waals surface area contributed by atoms with E-state index in [4.69, 9.17) is 17.4 Å². The molecule has 2 aromatic rings. The molecule has 6 heteroatoms. The third kappa shape index (κ3) is 2.41. The normalized spacial score (nSPS) is 12.4. The topological polar surface area (TPSA) is 63.8 Å². The van der Waals surface area contributed by atoms with Gasteiger partial charge < -0.3 is 0 Å². The highest BCUT2D eigenvalue weighted by Gasteiger charge is 2.20. The maximum atomic E-state index is 13.7. The van der Waals surface area contributed by atoms with Gasteiger partial charge in [0.15, 0.2) is 0 Å². The minimum absolute atomic E-state index is 0.261. The van der Waals surface area contributed by atoms with E-state index in [-0.39, 0.29) is 5.56 Å². The first-order valence-corrected chi connectivity index (χ1v) is 5.27. The first kappa shape index (κ1) is 11.9. The second-order valence-electron chi connectivity index (χ2n) is 3.37. The van der Waals surface area contributed by atoms with Crippen molar-refractivity contribution in [1.82, 2.24) is 15.4 Å². The van der Waals surface area contributed by atoms with Gasteiger partial charge in [-0.05, 0) is 12.1 Å². The van der Waals surface area contributed by atoms with E-state index in [9.17, 15) is 4.39 Å². The maximum absolute atomic E-state index is 13.7. The van der Waals surface area contributed by atoms with Gasteiger partial charge in [-0.25, -0.2) is 9.82 Å². The Morgan fingerprint density at radius 1 is 1.35 bits per heavy atom. The van der Waals surface area contributed by atoms with E-state index < -0.39 is 11.9 Å². The molecule has 2 rings (SSSR count). The van der Waals surface area contributed by atoms with Crippen LogP contribution < -0.4 is 11.3 Å². The van der Waals surface area contributed by atoms with Crippen molar-refractivity contribution in [2.75, 3.05) is 0 Å². The number of nitrogens with one attached hydrogen (secondary N) is 1. The zero-order valence-electron chi connectivity index (χ0n) is 8.77. The third-order valence-corrected chi connectivity index (χ3v) is 2.66. The minimum atomic E-state index is -0.627. The fraction of sp³-hybridized carbons (Fsp3) is 0.0909. The van der Waals surface area contributed by atoms with Crippen LogP contribution in [0.1, 0.15) is 17.3 Å². The highest BCUT2D eigenvalue weighted by molar-refractivity contribution is 6.31. The van der Waals surface area contributed by atoms with E-state index in [1.54, 1.807) is 6.07 Å². The highest BCUT2D eigenvalue weighted by Crippen LogP contribution is 2.28. The summed E-state index contributed by atoms with van der Waals surface area (Å²) in [6.45, 7) is 0. The zero-order valence-corrected chi connectivity index (χ0v) is 9.53. The van der Waals surface area contributed by atoms with Crippen molar-refractivity contribution >= 4 is 11.6 Å². The molecule has 1 atom stereocenters. The summed E-state index contributed by atoms with van der Waals surface area (Å²) in [6.07, 6.45) is 4.54. The number of hydrazine groups is 1. The van der Waals surface area contributed by atoms with E-state index >= 15 is 0 Å². The van der Waals surface area contributed by atoms with Crippen LogP contribution in [0.2, 0.25) is 5.02 Å². The molecule has 0 saturated heterocycles. The van der Waals surface area contributed by atoms with Crippen LogP contribution in [0.5, 0.6) is 0 Å². The standard InChI is InChI=1S/C11H10ClFN4/c12-7-2-1-3-8(13)10(7)11(17-14)9-6-15-4-5-16-9/h1-6,11,17H,14H2. The summed E-state index contributed by atoms with van der Waals surface area (Å²) in [4.78, 5) is 7.99. The van der Waals surface area contributed by atoms with Gasteiger partial charge in [-0.3, -0.25) is 15.8 Å². The Kier molecular flexibility index (Phi) is 3.63. The van der Waals surface area contributed by atoms with E-state index in [1.165, 1.54) is 30.7 Å². The van der Waals surface area contributed by atoms with Gasteiger partial charge in [-0.1, -0.05) is 17.7 Å². The van der Waals surface area contributed by atoms with Crippen LogP contribution in [0.25, 0.3) is 0 Å². The molecule has 0 radical (unpaired) electrons. The molecule has 1 aromatic carbocycles. The largest absolute Gasteiger partial charge is 0.271 e. The average Bonchev–Trinajstić information content (AvgIpc) is 2.35. The molecule has 0 fully saturated rings. The molecule has 0 amide bonds. The lowest BCUT2D eigenvalue weighted by molar-refractivity contribution is 0.552. The Morgan fingerprint density at radius 2 is 2.18 bits per heavy atom. The molecular formula is C11H10ClFN4. The molecule has 88 valence electrons. The molecule has 0 spiro atoms. The lowest BCUT2D eigenvalue weighted by Crippen LogP contribution is -2.30. The monoisotopic (exact) mass is 252 g/mol. The number of hydrogen-bond donors (Lipinski definition) is 2. The number of aromatic nitrogens is 2. The minimum Gasteiger partial charge on any atom is -0.271 e. The van der Waals surface area contributed by atoms with Crippen LogP contribution in [0.4, 0.5) is 4.39 Å². The number of halogens is 2. The van der Waals surface area contributed by atoms with Crippen LogP contribution in [0.15, 0.2) is 36.8 Å². The second kappa shape index (κ2) is 5.18. The molecule has 0 aliphatic carbocycles. The summed E-state index contributed by atoms with van der Waals surface area (Å²) >= 11 is 5.97. The van der Waals surface area contributed by atoms with E-state index in [2.05, 4.69) is 15.4 Å². The zero-order chi connectivity index (χ0) is 12.3. The molecule has 0 bridgehead atoms. The molecule has 1 aromatic heterocycles. The SMILES string of the molecule is NNC(c1cnccn1)c1c(F)cccc1Cl. The number of nitrogens with zero attached hydrogens (tertiary/aromatic N) is 2. The first-order valence-electron chi connectivity index (χ1n) is 4.90. The Labute approximate surface area is 103 Å². The molecular weight excluding hydrogens is 243 g/mol. The van der Waals surface area contributed by atoms with Gasteiger partial charge in [0.1, 0.15) is 5.82 Å². The Morgan fingerprint density at radius 3 is 2.76 bits per heavy atom. The van der Waals surface area contributed by atoms with E-state index in [1.807, 2.05) is 0 Å². The molecule has 1 heterocycles. The van der Waals surface area contributed by atoms with Gasteiger partial charge in [0.25, 0.3) is 0 Å². The predicted octanol–water partition coefficient (Wildman–Crippen LogP) is 1.82. The molecule has 4 nitrogen and oxygen atoms in total. The summed E-state index contributed by atoms with van der Waals surface area (Å²) in [7, 11) is 0. The van der Waals surface area contributed by atoms with Gasteiger partial charge in [0.05, 0.1) is 17.9 Å². The van der Waals surface area contributed by atoms with Gasteiger partial charge >= 0.3 is 0 Å². The number of nitrogens with two attached hydrogens (primary N) is 1. The highest BCUT2D eigenvalue weighted by atomic mass is 35.5. The fourth-order valence-electron chi connectivity index (χ4n) is 1.56. The molecule has 0 saturated carbocycles. The summed E-state index contributed by atoms with van der Waals surface area (Å²) in [5.74, 6) is 4.99. The fourth-order valence-corrected chi connectivity index (χ4v) is 1.83.